The Morgan fingerprint density at radius 3 is 2.36 bits per heavy atom. The largest absolute Gasteiger partial charge is 0.494 e. The second kappa shape index (κ2) is 10.5. The van der Waals surface area contributed by atoms with Gasteiger partial charge in [-0.1, -0.05) is 0 Å². The molecule has 0 aliphatic carbocycles. The first kappa shape index (κ1) is 26.9. The molecule has 0 saturated carbocycles. The fourth-order valence-electron chi connectivity index (χ4n) is 3.76. The summed E-state index contributed by atoms with van der Waals surface area (Å²) in [5, 5.41) is 2.89. The summed E-state index contributed by atoms with van der Waals surface area (Å²) in [6.45, 7) is 7.80. The van der Waals surface area contributed by atoms with E-state index in [4.69, 9.17) is 14.9 Å². The number of alkyl halides is 3. The molecule has 0 aliphatic rings. The molecule has 12 heteroatoms. The third-order valence-corrected chi connectivity index (χ3v) is 5.64. The summed E-state index contributed by atoms with van der Waals surface area (Å²) in [7, 11) is 1.32. The number of carbonyl (C=O) groups is 2. The van der Waals surface area contributed by atoms with Crippen molar-refractivity contribution in [2.24, 2.45) is 5.73 Å². The van der Waals surface area contributed by atoms with Crippen LogP contribution in [-0.4, -0.2) is 52.9 Å². The Labute approximate surface area is 205 Å². The first-order valence-electron chi connectivity index (χ1n) is 11.3. The minimum atomic E-state index is -4.65. The van der Waals surface area contributed by atoms with Gasteiger partial charge in [-0.15, -0.1) is 0 Å². The summed E-state index contributed by atoms with van der Waals surface area (Å²) >= 11 is 0. The Morgan fingerprint density at radius 1 is 1.14 bits per heavy atom. The van der Waals surface area contributed by atoms with Crippen molar-refractivity contribution in [3.63, 3.8) is 0 Å². The van der Waals surface area contributed by atoms with E-state index in [0.717, 1.165) is 6.07 Å². The lowest BCUT2D eigenvalue weighted by atomic mass is 10.1. The predicted octanol–water partition coefficient (Wildman–Crippen LogP) is 3.92. The average molecular weight is 508 g/mol. The van der Waals surface area contributed by atoms with E-state index >= 15 is 0 Å². The van der Waals surface area contributed by atoms with Crippen molar-refractivity contribution in [3.8, 4) is 17.2 Å². The highest BCUT2D eigenvalue weighted by Crippen LogP contribution is 2.37. The molecule has 3 N–H and O–H groups in total. The molecule has 0 aliphatic heterocycles. The first-order chi connectivity index (χ1) is 16.9. The molecular formula is C24H28F3N5O4. The number of halogens is 3. The fourth-order valence-corrected chi connectivity index (χ4v) is 3.76. The maximum atomic E-state index is 13.2. The molecule has 1 aromatic carbocycles. The van der Waals surface area contributed by atoms with E-state index in [1.165, 1.54) is 19.2 Å². The van der Waals surface area contributed by atoms with E-state index in [2.05, 4.69) is 15.3 Å². The van der Waals surface area contributed by atoms with Gasteiger partial charge in [-0.05, 0) is 52.0 Å². The Hall–Kier alpha value is -3.67. The highest BCUT2D eigenvalue weighted by atomic mass is 19.4. The summed E-state index contributed by atoms with van der Waals surface area (Å²) < 4.78 is 50.7. The van der Waals surface area contributed by atoms with E-state index < -0.39 is 29.9 Å². The zero-order valence-corrected chi connectivity index (χ0v) is 20.6. The normalized spacial score (nSPS) is 13.4. The van der Waals surface area contributed by atoms with E-state index in [0.29, 0.717) is 18.7 Å². The van der Waals surface area contributed by atoms with E-state index in [-0.39, 0.29) is 39.9 Å². The molecule has 2 atom stereocenters. The molecule has 0 spiro atoms. The Balaban J connectivity index is 2.06. The van der Waals surface area contributed by atoms with Gasteiger partial charge in [-0.3, -0.25) is 9.59 Å². The minimum Gasteiger partial charge on any atom is -0.494 e. The van der Waals surface area contributed by atoms with Gasteiger partial charge in [0.15, 0.2) is 11.5 Å². The first-order valence-corrected chi connectivity index (χ1v) is 11.3. The summed E-state index contributed by atoms with van der Waals surface area (Å²) in [5.41, 5.74) is 5.05. The smallest absolute Gasteiger partial charge is 0.433 e. The number of aromatic nitrogens is 2. The van der Waals surface area contributed by atoms with Gasteiger partial charge in [0.25, 0.3) is 5.91 Å². The summed E-state index contributed by atoms with van der Waals surface area (Å²) in [6.07, 6.45) is -4.65. The number of nitrogens with zero attached hydrogens (tertiary/aromatic N) is 3. The summed E-state index contributed by atoms with van der Waals surface area (Å²) in [6, 6.07) is 3.50. The van der Waals surface area contributed by atoms with Crippen LogP contribution in [0.2, 0.25) is 0 Å². The molecule has 0 fully saturated rings. The quantitative estimate of drug-likeness (QED) is 0.474. The highest BCUT2D eigenvalue weighted by molar-refractivity contribution is 5.99. The number of rotatable bonds is 8. The number of amides is 2. The number of likely N-dealkylation sites (N-methyl/N-ethyl adjacent to an activating group) is 1. The van der Waals surface area contributed by atoms with Crippen molar-refractivity contribution >= 4 is 22.7 Å². The van der Waals surface area contributed by atoms with Gasteiger partial charge >= 0.3 is 6.18 Å². The molecule has 36 heavy (non-hydrogen) atoms. The topological polar surface area (TPSA) is 124 Å². The number of hydrogen-bond donors (Lipinski definition) is 2. The van der Waals surface area contributed by atoms with E-state index in [1.807, 2.05) is 13.8 Å². The number of carbonyl (C=O) groups excluding carboxylic acids is 2. The number of hydrogen-bond acceptors (Lipinski definition) is 7. The second-order valence-electron chi connectivity index (χ2n) is 8.13. The van der Waals surface area contributed by atoms with Gasteiger partial charge in [-0.25, -0.2) is 9.97 Å². The van der Waals surface area contributed by atoms with E-state index in [1.54, 1.807) is 24.8 Å². The van der Waals surface area contributed by atoms with Crippen molar-refractivity contribution in [2.75, 3.05) is 20.2 Å². The van der Waals surface area contributed by atoms with Crippen LogP contribution in [-0.2, 0) is 11.0 Å². The minimum absolute atomic E-state index is 0.0376. The van der Waals surface area contributed by atoms with E-state index in [9.17, 15) is 22.8 Å². The van der Waals surface area contributed by atoms with Crippen molar-refractivity contribution in [2.45, 2.75) is 46.0 Å². The molecule has 3 aromatic rings. The molecule has 194 valence electrons. The second-order valence-corrected chi connectivity index (χ2v) is 8.13. The van der Waals surface area contributed by atoms with Crippen LogP contribution in [0.4, 0.5) is 13.2 Å². The number of nitrogens with two attached hydrogens (primary N) is 1. The Bertz CT molecular complexity index is 1270. The Morgan fingerprint density at radius 2 is 1.81 bits per heavy atom. The number of pyridine rings is 1. The third-order valence-electron chi connectivity index (χ3n) is 5.64. The molecule has 2 aromatic heterocycles. The highest BCUT2D eigenvalue weighted by Gasteiger charge is 2.33. The maximum Gasteiger partial charge on any atom is 0.433 e. The van der Waals surface area contributed by atoms with Crippen molar-refractivity contribution in [1.82, 2.24) is 20.2 Å². The number of benzene rings is 1. The summed E-state index contributed by atoms with van der Waals surface area (Å²) in [5.74, 6) is -0.772. The van der Waals surface area contributed by atoms with Gasteiger partial charge in [0.1, 0.15) is 23.0 Å². The fraction of sp³-hybridized carbons (Fsp3) is 0.417. The van der Waals surface area contributed by atoms with Gasteiger partial charge in [-0.2, -0.15) is 13.2 Å². The lowest BCUT2D eigenvalue weighted by Crippen LogP contribution is -2.47. The molecule has 0 unspecified atom stereocenters. The molecule has 2 amide bonds. The zero-order valence-electron chi connectivity index (χ0n) is 20.6. The molecule has 0 saturated heterocycles. The maximum absolute atomic E-state index is 13.2. The van der Waals surface area contributed by atoms with Gasteiger partial charge < -0.3 is 25.1 Å². The monoisotopic (exact) mass is 507 g/mol. The molecular weight excluding hydrogens is 479 g/mol. The zero-order chi connectivity index (χ0) is 26.8. The molecule has 0 bridgehead atoms. The lowest BCUT2D eigenvalue weighted by Gasteiger charge is -2.23. The van der Waals surface area contributed by atoms with Crippen molar-refractivity contribution in [3.05, 3.63) is 41.4 Å². The van der Waals surface area contributed by atoms with Gasteiger partial charge in [0.05, 0.1) is 13.2 Å². The number of oxazole rings is 1. The van der Waals surface area contributed by atoms with Crippen LogP contribution < -0.4 is 15.8 Å². The lowest BCUT2D eigenvalue weighted by molar-refractivity contribution is -0.141. The average Bonchev–Trinajstić information content (AvgIpc) is 3.29. The van der Waals surface area contributed by atoms with Gasteiger partial charge in [0, 0.05) is 24.0 Å². The number of methoxy groups -OCH3 is 1. The number of fused-ring (bicyclic) bond motifs is 1. The van der Waals surface area contributed by atoms with Crippen LogP contribution in [0.5, 0.6) is 5.75 Å². The standard InChI is InChI=1S/C24H28F3N5O4/c1-6-32(7-2)23(34)13(4)29-21(33)19-20(12(3)28)36-22(31-19)15-8-10-16(35-5)18-14(15)9-11-17(30-18)24(25,26)27/h8-13H,6-7,28H2,1-5H3,(H,29,33)/t12-,13-/m0/s1. The van der Waals surface area contributed by atoms with Crippen molar-refractivity contribution in [1.29, 1.82) is 0 Å². The van der Waals surface area contributed by atoms with Gasteiger partial charge in [0.2, 0.25) is 11.8 Å². The summed E-state index contributed by atoms with van der Waals surface area (Å²) in [4.78, 5) is 35.2. The molecule has 2 heterocycles. The van der Waals surface area contributed by atoms with Crippen molar-refractivity contribution < 1.29 is 31.9 Å². The molecule has 9 nitrogen and oxygen atoms in total. The number of nitrogens with one attached hydrogen (secondary N) is 1. The third kappa shape index (κ3) is 5.27. The van der Waals surface area contributed by atoms with Crippen LogP contribution in [0.25, 0.3) is 22.4 Å². The SMILES string of the molecule is CCN(CC)C(=O)[C@H](C)NC(=O)c1nc(-c2ccc(OC)c3nc(C(F)(F)F)ccc23)oc1[C@H](C)N. The van der Waals surface area contributed by atoms with Crippen LogP contribution in [0, 0.1) is 0 Å². The van der Waals surface area contributed by atoms with Crippen LogP contribution in [0.15, 0.2) is 28.7 Å². The number of ether oxygens (including phenoxy) is 1. The van der Waals surface area contributed by atoms with Crippen LogP contribution in [0.3, 0.4) is 0 Å². The Kier molecular flexibility index (Phi) is 7.87. The van der Waals surface area contributed by atoms with Crippen LogP contribution in [0.1, 0.15) is 55.7 Å². The predicted molar refractivity (Wildman–Crippen MR) is 126 cm³/mol. The van der Waals surface area contributed by atoms with Crippen LogP contribution >= 0.6 is 0 Å². The molecule has 0 radical (unpaired) electrons. The molecule has 3 rings (SSSR count).